The van der Waals surface area contributed by atoms with E-state index in [2.05, 4.69) is 5.16 Å². The number of nitrogens with zero attached hydrogens (tertiary/aromatic N) is 2. The van der Waals surface area contributed by atoms with Crippen LogP contribution in [-0.4, -0.2) is 27.7 Å². The Bertz CT molecular complexity index is 605. The van der Waals surface area contributed by atoms with Crippen molar-refractivity contribution < 1.29 is 14.4 Å². The van der Waals surface area contributed by atoms with E-state index in [0.717, 1.165) is 24.2 Å². The first-order valence-electron chi connectivity index (χ1n) is 6.10. The molecule has 0 bridgehead atoms. The molecule has 1 unspecified atom stereocenters. The fourth-order valence-electron chi connectivity index (χ4n) is 2.52. The topological polar surface area (TPSA) is 66.6 Å². The fraction of sp³-hybridized carbons (Fsp3) is 0.385. The molecule has 0 saturated heterocycles. The molecule has 19 heavy (non-hydrogen) atoms. The second-order valence-electron chi connectivity index (χ2n) is 4.69. The van der Waals surface area contributed by atoms with Gasteiger partial charge in [0.25, 0.3) is 0 Å². The molecular formula is C13H14N2O3S. The van der Waals surface area contributed by atoms with Gasteiger partial charge in [-0.05, 0) is 30.4 Å². The molecule has 2 aromatic heterocycles. The van der Waals surface area contributed by atoms with Gasteiger partial charge in [0.2, 0.25) is 0 Å². The summed E-state index contributed by atoms with van der Waals surface area (Å²) in [5, 5.41) is 15.3. The number of carboxylic acid groups (broad SMARTS) is 1. The number of rotatable bonds is 3. The second-order valence-corrected chi connectivity index (χ2v) is 5.70. The van der Waals surface area contributed by atoms with Crippen LogP contribution >= 0.6 is 11.3 Å². The van der Waals surface area contributed by atoms with E-state index >= 15 is 0 Å². The summed E-state index contributed by atoms with van der Waals surface area (Å²) >= 11 is 1.63. The first-order valence-corrected chi connectivity index (χ1v) is 6.98. The predicted molar refractivity (Wildman–Crippen MR) is 70.0 cm³/mol. The van der Waals surface area contributed by atoms with Crippen LogP contribution in [0.3, 0.4) is 0 Å². The molecule has 1 atom stereocenters. The molecule has 3 rings (SSSR count). The van der Waals surface area contributed by atoms with E-state index in [1.165, 1.54) is 4.88 Å². The van der Waals surface area contributed by atoms with Gasteiger partial charge >= 0.3 is 5.97 Å². The number of carboxylic acids is 1. The lowest BCUT2D eigenvalue weighted by Gasteiger charge is -2.32. The van der Waals surface area contributed by atoms with Crippen molar-refractivity contribution in [2.75, 3.05) is 6.54 Å². The van der Waals surface area contributed by atoms with E-state index < -0.39 is 12.0 Å². The number of hydrogen-bond donors (Lipinski definition) is 1. The predicted octanol–water partition coefficient (Wildman–Crippen LogP) is 2.23. The molecule has 0 aromatic carbocycles. The van der Waals surface area contributed by atoms with Crippen molar-refractivity contribution in [2.24, 2.45) is 0 Å². The molecule has 100 valence electrons. The zero-order valence-electron chi connectivity index (χ0n) is 10.5. The molecule has 5 nitrogen and oxygen atoms in total. The molecule has 0 saturated carbocycles. The highest BCUT2D eigenvalue weighted by Gasteiger charge is 2.34. The third kappa shape index (κ3) is 2.29. The van der Waals surface area contributed by atoms with Crippen LogP contribution in [0.4, 0.5) is 0 Å². The van der Waals surface area contributed by atoms with Gasteiger partial charge in [-0.3, -0.25) is 9.69 Å². The Hall–Kier alpha value is -1.66. The van der Waals surface area contributed by atoms with Crippen LogP contribution in [0.5, 0.6) is 0 Å². The van der Waals surface area contributed by atoms with Crippen LogP contribution in [0.1, 0.15) is 27.9 Å². The van der Waals surface area contributed by atoms with Gasteiger partial charge in [0.15, 0.2) is 5.76 Å². The van der Waals surface area contributed by atoms with Crippen molar-refractivity contribution >= 4 is 17.3 Å². The number of hydrogen-bond acceptors (Lipinski definition) is 5. The molecule has 0 amide bonds. The van der Waals surface area contributed by atoms with Crippen molar-refractivity contribution in [2.45, 2.75) is 25.9 Å². The Kier molecular flexibility index (Phi) is 3.12. The fourth-order valence-corrected chi connectivity index (χ4v) is 3.42. The average Bonchev–Trinajstić information content (AvgIpc) is 2.97. The minimum absolute atomic E-state index is 0.479. The van der Waals surface area contributed by atoms with Crippen molar-refractivity contribution in [3.8, 4) is 0 Å². The Morgan fingerprint density at radius 2 is 2.53 bits per heavy atom. The monoisotopic (exact) mass is 278 g/mol. The molecule has 1 aliphatic heterocycles. The summed E-state index contributed by atoms with van der Waals surface area (Å²) in [6.45, 7) is 3.06. The average molecular weight is 278 g/mol. The number of aliphatic carboxylic acids is 1. The van der Waals surface area contributed by atoms with Gasteiger partial charge in [-0.1, -0.05) is 5.16 Å². The summed E-state index contributed by atoms with van der Waals surface area (Å²) in [5.74, 6) is -0.0991. The Labute approximate surface area is 114 Å². The quantitative estimate of drug-likeness (QED) is 0.932. The zero-order chi connectivity index (χ0) is 13.4. The smallest absolute Gasteiger partial charge is 0.325 e. The maximum atomic E-state index is 11.5. The largest absolute Gasteiger partial charge is 0.480 e. The first-order chi connectivity index (χ1) is 9.15. The van der Waals surface area contributed by atoms with Crippen LogP contribution in [-0.2, 0) is 17.8 Å². The lowest BCUT2D eigenvalue weighted by atomic mass is 10.00. The number of carbonyl (C=O) groups is 1. The zero-order valence-corrected chi connectivity index (χ0v) is 11.3. The summed E-state index contributed by atoms with van der Waals surface area (Å²) in [5.41, 5.74) is 1.73. The van der Waals surface area contributed by atoms with Crippen LogP contribution < -0.4 is 0 Å². The van der Waals surface area contributed by atoms with E-state index in [0.29, 0.717) is 12.3 Å². The maximum Gasteiger partial charge on any atom is 0.325 e. The third-order valence-corrected chi connectivity index (χ3v) is 4.33. The van der Waals surface area contributed by atoms with Crippen LogP contribution in [0, 0.1) is 6.92 Å². The molecule has 0 aliphatic carbocycles. The molecule has 1 aliphatic rings. The van der Waals surface area contributed by atoms with Crippen LogP contribution in [0.15, 0.2) is 22.0 Å². The standard InChI is InChI=1S/C13H14N2O3S/c1-8-6-9(18-14-8)7-15-4-2-11-10(3-5-19-11)12(15)13(16)17/h3,5-6,12H,2,4,7H2,1H3,(H,16,17). The Morgan fingerprint density at radius 3 is 3.21 bits per heavy atom. The summed E-state index contributed by atoms with van der Waals surface area (Å²) in [4.78, 5) is 14.6. The van der Waals surface area contributed by atoms with Crippen LogP contribution in [0.2, 0.25) is 0 Å². The van der Waals surface area contributed by atoms with E-state index in [4.69, 9.17) is 4.52 Å². The first kappa shape index (κ1) is 12.4. The molecule has 0 spiro atoms. The van der Waals surface area contributed by atoms with Crippen molar-refractivity contribution in [3.05, 3.63) is 39.4 Å². The number of aromatic nitrogens is 1. The van der Waals surface area contributed by atoms with E-state index in [-0.39, 0.29) is 0 Å². The summed E-state index contributed by atoms with van der Waals surface area (Å²) < 4.78 is 5.18. The van der Waals surface area contributed by atoms with Gasteiger partial charge < -0.3 is 9.63 Å². The van der Waals surface area contributed by atoms with Gasteiger partial charge in [0.05, 0.1) is 12.2 Å². The highest BCUT2D eigenvalue weighted by atomic mass is 32.1. The molecule has 6 heteroatoms. The van der Waals surface area contributed by atoms with E-state index in [1.54, 1.807) is 11.3 Å². The molecule has 2 aromatic rings. The van der Waals surface area contributed by atoms with E-state index in [9.17, 15) is 9.90 Å². The molecule has 1 N–H and O–H groups in total. The Morgan fingerprint density at radius 1 is 1.68 bits per heavy atom. The van der Waals surface area contributed by atoms with Gasteiger partial charge in [-0.2, -0.15) is 0 Å². The SMILES string of the molecule is Cc1cc(CN2CCc3sccc3C2C(=O)O)on1. The van der Waals surface area contributed by atoms with Gasteiger partial charge in [0.1, 0.15) is 6.04 Å². The Balaban J connectivity index is 1.87. The maximum absolute atomic E-state index is 11.5. The normalized spacial score (nSPS) is 19.3. The third-order valence-electron chi connectivity index (χ3n) is 3.34. The van der Waals surface area contributed by atoms with Gasteiger partial charge in [0, 0.05) is 17.5 Å². The number of thiophene rings is 1. The number of fused-ring (bicyclic) bond motifs is 1. The second kappa shape index (κ2) is 4.79. The molecule has 0 radical (unpaired) electrons. The lowest BCUT2D eigenvalue weighted by molar-refractivity contribution is -0.144. The van der Waals surface area contributed by atoms with Crippen molar-refractivity contribution in [1.82, 2.24) is 10.1 Å². The van der Waals surface area contributed by atoms with Gasteiger partial charge in [-0.25, -0.2) is 0 Å². The summed E-state index contributed by atoms with van der Waals surface area (Å²) in [6.07, 6.45) is 0.893. The van der Waals surface area contributed by atoms with E-state index in [1.807, 2.05) is 29.3 Å². The molecule has 0 fully saturated rings. The lowest BCUT2D eigenvalue weighted by Crippen LogP contribution is -2.38. The van der Waals surface area contributed by atoms with Crippen LogP contribution in [0.25, 0.3) is 0 Å². The molecular weight excluding hydrogens is 264 g/mol. The minimum atomic E-state index is -0.810. The highest BCUT2D eigenvalue weighted by molar-refractivity contribution is 7.10. The van der Waals surface area contributed by atoms with Crippen molar-refractivity contribution in [3.63, 3.8) is 0 Å². The molecule has 3 heterocycles. The highest BCUT2D eigenvalue weighted by Crippen LogP contribution is 2.34. The minimum Gasteiger partial charge on any atom is -0.480 e. The van der Waals surface area contributed by atoms with Gasteiger partial charge in [-0.15, -0.1) is 11.3 Å². The number of aryl methyl sites for hydroxylation is 1. The summed E-state index contributed by atoms with van der Waals surface area (Å²) in [7, 11) is 0. The summed E-state index contributed by atoms with van der Waals surface area (Å²) in [6, 6.07) is 3.18. The van der Waals surface area contributed by atoms with Crippen molar-refractivity contribution in [1.29, 1.82) is 0 Å².